The van der Waals surface area contributed by atoms with Crippen molar-refractivity contribution in [3.05, 3.63) is 40.1 Å². The van der Waals surface area contributed by atoms with E-state index in [9.17, 15) is 14.0 Å². The second-order valence-electron chi connectivity index (χ2n) is 7.30. The minimum atomic E-state index is -0.532. The number of nitrogens with one attached hydrogen (secondary N) is 2. The Morgan fingerprint density at radius 1 is 1.39 bits per heavy atom. The summed E-state index contributed by atoms with van der Waals surface area (Å²) in [6, 6.07) is 4.55. The molecule has 1 atom stereocenters. The Bertz CT molecular complexity index is 1080. The molecule has 1 aliphatic heterocycles. The average molecular weight is 386 g/mol. The van der Waals surface area contributed by atoms with Gasteiger partial charge in [0, 0.05) is 19.1 Å². The molecule has 28 heavy (non-hydrogen) atoms. The highest BCUT2D eigenvalue weighted by atomic mass is 19.1. The number of piperidine rings is 1. The van der Waals surface area contributed by atoms with Gasteiger partial charge in [-0.15, -0.1) is 5.10 Å². The molecule has 0 saturated carbocycles. The monoisotopic (exact) mass is 386 g/mol. The third-order valence-electron chi connectivity index (χ3n) is 5.38. The number of amides is 1. The Hall–Kier alpha value is -2.81. The van der Waals surface area contributed by atoms with Gasteiger partial charge in [0.05, 0.1) is 11.0 Å². The summed E-state index contributed by atoms with van der Waals surface area (Å²) in [5.41, 5.74) is 0.266. The van der Waals surface area contributed by atoms with Gasteiger partial charge in [-0.3, -0.25) is 9.59 Å². The number of aromatic amines is 1. The lowest BCUT2D eigenvalue weighted by molar-refractivity contribution is 0.0945. The van der Waals surface area contributed by atoms with Crippen molar-refractivity contribution in [1.82, 2.24) is 30.0 Å². The summed E-state index contributed by atoms with van der Waals surface area (Å²) < 4.78 is 14.7. The molecule has 3 aromatic rings. The van der Waals surface area contributed by atoms with Crippen molar-refractivity contribution >= 4 is 22.5 Å². The largest absolute Gasteiger partial charge is 0.351 e. The number of carbonyl (C=O) groups excluding carboxylic acids is 1. The normalized spacial score (nSPS) is 18.0. The molecule has 0 aliphatic carbocycles. The molecule has 2 aromatic heterocycles. The van der Waals surface area contributed by atoms with Crippen molar-refractivity contribution in [2.75, 3.05) is 19.6 Å². The molecule has 0 spiro atoms. The van der Waals surface area contributed by atoms with Crippen LogP contribution in [0.3, 0.4) is 0 Å². The zero-order chi connectivity index (χ0) is 19.7. The van der Waals surface area contributed by atoms with E-state index in [0.717, 1.165) is 19.5 Å². The second-order valence-corrected chi connectivity index (χ2v) is 7.30. The van der Waals surface area contributed by atoms with Gasteiger partial charge in [-0.25, -0.2) is 8.91 Å². The van der Waals surface area contributed by atoms with Gasteiger partial charge in [0.2, 0.25) is 0 Å². The first-order valence-corrected chi connectivity index (χ1v) is 9.64. The predicted molar refractivity (Wildman–Crippen MR) is 103 cm³/mol. The number of hydrogen-bond acceptors (Lipinski definition) is 5. The predicted octanol–water partition coefficient (Wildman–Crippen LogP) is 1.70. The molecule has 0 bridgehead atoms. The Balaban J connectivity index is 1.47. The lowest BCUT2D eigenvalue weighted by atomic mass is 10.0. The van der Waals surface area contributed by atoms with Crippen molar-refractivity contribution in [2.45, 2.75) is 38.6 Å². The highest BCUT2D eigenvalue weighted by Gasteiger charge is 2.20. The fraction of sp³-hybridized carbons (Fsp3) is 0.474. The van der Waals surface area contributed by atoms with Crippen LogP contribution in [0, 0.1) is 5.82 Å². The molecule has 1 fully saturated rings. The number of halogens is 1. The van der Waals surface area contributed by atoms with Gasteiger partial charge in [0.15, 0.2) is 11.2 Å². The van der Waals surface area contributed by atoms with E-state index in [1.807, 2.05) is 0 Å². The lowest BCUT2D eigenvalue weighted by Gasteiger charge is -2.33. The van der Waals surface area contributed by atoms with E-state index in [4.69, 9.17) is 0 Å². The van der Waals surface area contributed by atoms with Crippen molar-refractivity contribution < 1.29 is 9.18 Å². The van der Waals surface area contributed by atoms with Crippen LogP contribution in [0.4, 0.5) is 4.39 Å². The molecule has 2 N–H and O–H groups in total. The zero-order valence-electron chi connectivity index (χ0n) is 15.7. The maximum absolute atomic E-state index is 13.4. The summed E-state index contributed by atoms with van der Waals surface area (Å²) in [6.07, 6.45) is 4.56. The number of nitrogens with zero attached hydrogens (tertiary/aromatic N) is 4. The SMILES string of the molecule is CC1CCCCN1CCCNC(=O)c1nnn2c1c(=O)[nH]c1cc(F)ccc12. The van der Waals surface area contributed by atoms with Crippen LogP contribution in [0.1, 0.15) is 43.1 Å². The number of carbonyl (C=O) groups is 1. The van der Waals surface area contributed by atoms with Crippen LogP contribution in [0.15, 0.2) is 23.0 Å². The molecule has 0 radical (unpaired) electrons. The average Bonchev–Trinajstić information content (AvgIpc) is 3.12. The fourth-order valence-electron chi connectivity index (χ4n) is 3.84. The van der Waals surface area contributed by atoms with Crippen molar-refractivity contribution in [3.63, 3.8) is 0 Å². The molecular formula is C19H23FN6O2. The third-order valence-corrected chi connectivity index (χ3v) is 5.38. The maximum atomic E-state index is 13.4. The standard InChI is InChI=1S/C19H23FN6O2/c1-12-5-2-3-9-25(12)10-4-8-21-18(27)16-17-19(28)22-14-11-13(20)6-7-15(14)26(17)24-23-16/h6-7,11-12H,2-5,8-10H2,1H3,(H,21,27)(H,22,28). The van der Waals surface area contributed by atoms with E-state index >= 15 is 0 Å². The molecule has 1 saturated heterocycles. The number of hydrogen-bond donors (Lipinski definition) is 2. The minimum absolute atomic E-state index is 0.0289. The number of fused-ring (bicyclic) bond motifs is 3. The molecular weight excluding hydrogens is 363 g/mol. The van der Waals surface area contributed by atoms with E-state index in [0.29, 0.717) is 23.6 Å². The molecule has 3 heterocycles. The van der Waals surface area contributed by atoms with Gasteiger partial charge in [0.1, 0.15) is 5.82 Å². The Labute approximate surface area is 160 Å². The quantitative estimate of drug-likeness (QED) is 0.651. The molecule has 9 heteroatoms. The topological polar surface area (TPSA) is 95.4 Å². The summed E-state index contributed by atoms with van der Waals surface area (Å²) in [4.78, 5) is 30.0. The summed E-state index contributed by atoms with van der Waals surface area (Å²) in [5, 5.41) is 10.6. The van der Waals surface area contributed by atoms with E-state index in [1.165, 1.54) is 42.0 Å². The number of aromatic nitrogens is 4. The van der Waals surface area contributed by atoms with Crippen LogP contribution in [0.2, 0.25) is 0 Å². The fourth-order valence-corrected chi connectivity index (χ4v) is 3.84. The first-order valence-electron chi connectivity index (χ1n) is 9.64. The van der Waals surface area contributed by atoms with Crippen LogP contribution in [-0.4, -0.2) is 56.3 Å². The number of benzene rings is 1. The minimum Gasteiger partial charge on any atom is -0.351 e. The molecule has 1 aromatic carbocycles. The van der Waals surface area contributed by atoms with Crippen LogP contribution < -0.4 is 10.9 Å². The van der Waals surface area contributed by atoms with Gasteiger partial charge in [-0.05, 0) is 50.9 Å². The maximum Gasteiger partial charge on any atom is 0.277 e. The highest BCUT2D eigenvalue weighted by molar-refractivity contribution is 5.99. The third kappa shape index (κ3) is 3.49. The van der Waals surface area contributed by atoms with Gasteiger partial charge in [0.25, 0.3) is 11.5 Å². The molecule has 148 valence electrons. The zero-order valence-corrected chi connectivity index (χ0v) is 15.7. The van der Waals surface area contributed by atoms with E-state index < -0.39 is 17.3 Å². The summed E-state index contributed by atoms with van der Waals surface area (Å²) in [5.74, 6) is -0.905. The van der Waals surface area contributed by atoms with E-state index in [-0.39, 0.29) is 11.2 Å². The summed E-state index contributed by atoms with van der Waals surface area (Å²) >= 11 is 0. The Kier molecular flexibility index (Phi) is 5.08. The molecule has 1 aliphatic rings. The van der Waals surface area contributed by atoms with Crippen LogP contribution in [0.5, 0.6) is 0 Å². The van der Waals surface area contributed by atoms with E-state index in [2.05, 4.69) is 32.4 Å². The van der Waals surface area contributed by atoms with Crippen molar-refractivity contribution in [3.8, 4) is 0 Å². The Morgan fingerprint density at radius 3 is 3.07 bits per heavy atom. The highest BCUT2D eigenvalue weighted by Crippen LogP contribution is 2.16. The van der Waals surface area contributed by atoms with Crippen LogP contribution in [0.25, 0.3) is 16.6 Å². The molecule has 1 amide bonds. The van der Waals surface area contributed by atoms with Crippen molar-refractivity contribution in [2.24, 2.45) is 0 Å². The first-order chi connectivity index (χ1) is 13.5. The van der Waals surface area contributed by atoms with Gasteiger partial charge < -0.3 is 15.2 Å². The van der Waals surface area contributed by atoms with Crippen molar-refractivity contribution in [1.29, 1.82) is 0 Å². The number of likely N-dealkylation sites (tertiary alicyclic amines) is 1. The lowest BCUT2D eigenvalue weighted by Crippen LogP contribution is -2.39. The summed E-state index contributed by atoms with van der Waals surface area (Å²) in [6.45, 7) is 4.77. The second kappa shape index (κ2) is 7.67. The number of H-pyrrole nitrogens is 1. The van der Waals surface area contributed by atoms with Crippen LogP contribution >= 0.6 is 0 Å². The first kappa shape index (κ1) is 18.5. The van der Waals surface area contributed by atoms with Gasteiger partial charge in [-0.2, -0.15) is 0 Å². The van der Waals surface area contributed by atoms with E-state index in [1.54, 1.807) is 0 Å². The Morgan fingerprint density at radius 2 is 2.25 bits per heavy atom. The number of rotatable bonds is 5. The van der Waals surface area contributed by atoms with Crippen LogP contribution in [-0.2, 0) is 0 Å². The summed E-state index contributed by atoms with van der Waals surface area (Å²) in [7, 11) is 0. The molecule has 1 unspecified atom stereocenters. The molecule has 4 rings (SSSR count). The van der Waals surface area contributed by atoms with Gasteiger partial charge in [-0.1, -0.05) is 11.6 Å². The van der Waals surface area contributed by atoms with Gasteiger partial charge >= 0.3 is 0 Å². The molecule has 8 nitrogen and oxygen atoms in total. The smallest absolute Gasteiger partial charge is 0.277 e.